The molecule has 0 aliphatic rings. The smallest absolute Gasteiger partial charge is 0.423 e. The van der Waals surface area contributed by atoms with E-state index < -0.39 is 6.09 Å². The quantitative estimate of drug-likeness (QED) is 0.483. The topological polar surface area (TPSA) is 64.6 Å². The molecule has 1 rings (SSSR count). The maximum absolute atomic E-state index is 10.8. The summed E-state index contributed by atoms with van der Waals surface area (Å²) >= 11 is 3.35. The standard InChI is InChI=1S/C10H11NO4S/c1-7(12)14-6-8-2-4-9(5-3-8)11-10(13)15-16/h2-5,16H,6H2,1H3,(H,11,13). The Morgan fingerprint density at radius 3 is 2.44 bits per heavy atom. The molecule has 16 heavy (non-hydrogen) atoms. The number of carbonyl (C=O) groups excluding carboxylic acids is 2. The largest absolute Gasteiger partial charge is 0.461 e. The van der Waals surface area contributed by atoms with Crippen LogP contribution in [0.5, 0.6) is 0 Å². The Hall–Kier alpha value is -1.69. The first-order valence-corrected chi connectivity index (χ1v) is 4.83. The van der Waals surface area contributed by atoms with E-state index >= 15 is 0 Å². The summed E-state index contributed by atoms with van der Waals surface area (Å²) in [6.45, 7) is 1.56. The number of thiol groups is 1. The van der Waals surface area contributed by atoms with Gasteiger partial charge in [-0.2, -0.15) is 0 Å². The second kappa shape index (κ2) is 6.02. The summed E-state index contributed by atoms with van der Waals surface area (Å²) in [4.78, 5) is 21.4. The summed E-state index contributed by atoms with van der Waals surface area (Å²) in [5.74, 6) is -0.333. The molecule has 0 aliphatic carbocycles. The molecule has 86 valence electrons. The van der Waals surface area contributed by atoms with Gasteiger partial charge < -0.3 is 8.92 Å². The third-order valence-electron chi connectivity index (χ3n) is 1.73. The number of benzene rings is 1. The second-order valence-electron chi connectivity index (χ2n) is 2.98. The van der Waals surface area contributed by atoms with E-state index in [0.717, 1.165) is 5.56 Å². The zero-order chi connectivity index (χ0) is 12.0. The first-order chi connectivity index (χ1) is 7.61. The van der Waals surface area contributed by atoms with E-state index in [2.05, 4.69) is 22.4 Å². The Kier molecular flexibility index (Phi) is 4.65. The number of rotatable bonds is 3. The lowest BCUT2D eigenvalue weighted by molar-refractivity contribution is -0.142. The highest BCUT2D eigenvalue weighted by atomic mass is 32.1. The third-order valence-corrected chi connectivity index (χ3v) is 1.89. The van der Waals surface area contributed by atoms with E-state index in [0.29, 0.717) is 5.69 Å². The molecule has 1 aromatic carbocycles. The highest BCUT2D eigenvalue weighted by Gasteiger charge is 2.01. The molecule has 1 amide bonds. The lowest BCUT2D eigenvalue weighted by Crippen LogP contribution is -2.08. The molecule has 0 saturated carbocycles. The molecule has 0 unspecified atom stereocenters. The molecule has 0 aromatic heterocycles. The van der Waals surface area contributed by atoms with Gasteiger partial charge in [-0.1, -0.05) is 12.1 Å². The number of hydrogen-bond donors (Lipinski definition) is 2. The molecule has 0 radical (unpaired) electrons. The van der Waals surface area contributed by atoms with Crippen molar-refractivity contribution in [2.45, 2.75) is 13.5 Å². The van der Waals surface area contributed by atoms with Gasteiger partial charge in [-0.25, -0.2) is 4.79 Å². The predicted molar refractivity (Wildman–Crippen MR) is 61.0 cm³/mol. The van der Waals surface area contributed by atoms with E-state index in [-0.39, 0.29) is 12.6 Å². The van der Waals surface area contributed by atoms with Crippen molar-refractivity contribution >= 4 is 30.7 Å². The van der Waals surface area contributed by atoms with E-state index in [4.69, 9.17) is 4.74 Å². The van der Waals surface area contributed by atoms with Gasteiger partial charge in [-0.15, -0.1) is 0 Å². The van der Waals surface area contributed by atoms with Crippen molar-refractivity contribution in [2.75, 3.05) is 5.32 Å². The molecule has 6 heteroatoms. The van der Waals surface area contributed by atoms with Crippen molar-refractivity contribution in [3.05, 3.63) is 29.8 Å². The van der Waals surface area contributed by atoms with Crippen LogP contribution in [0.1, 0.15) is 12.5 Å². The van der Waals surface area contributed by atoms with Gasteiger partial charge in [0, 0.05) is 25.5 Å². The molecule has 5 nitrogen and oxygen atoms in total. The van der Waals surface area contributed by atoms with Crippen LogP contribution < -0.4 is 5.32 Å². The number of anilines is 1. The number of hydrogen-bond acceptors (Lipinski definition) is 5. The van der Waals surface area contributed by atoms with E-state index in [1.807, 2.05) is 0 Å². The molecular formula is C10H11NO4S. The average molecular weight is 241 g/mol. The molecule has 0 spiro atoms. The fourth-order valence-corrected chi connectivity index (χ4v) is 1.06. The zero-order valence-electron chi connectivity index (χ0n) is 8.60. The van der Waals surface area contributed by atoms with Crippen LogP contribution in [0.2, 0.25) is 0 Å². The van der Waals surface area contributed by atoms with E-state index in [1.54, 1.807) is 24.3 Å². The molecule has 0 atom stereocenters. The van der Waals surface area contributed by atoms with Crippen LogP contribution in [0, 0.1) is 0 Å². The van der Waals surface area contributed by atoms with Crippen LogP contribution in [0.4, 0.5) is 10.5 Å². The van der Waals surface area contributed by atoms with Crippen LogP contribution in [0.3, 0.4) is 0 Å². The number of amides is 1. The lowest BCUT2D eigenvalue weighted by atomic mass is 10.2. The van der Waals surface area contributed by atoms with Crippen LogP contribution >= 0.6 is 12.9 Å². The van der Waals surface area contributed by atoms with Crippen LogP contribution in [0.15, 0.2) is 24.3 Å². The summed E-state index contributed by atoms with van der Waals surface area (Å²) in [7, 11) is 0. The Bertz CT molecular complexity index is 377. The average Bonchev–Trinajstić information content (AvgIpc) is 2.28. The summed E-state index contributed by atoms with van der Waals surface area (Å²) in [5, 5.41) is 2.44. The molecule has 1 N–H and O–H groups in total. The minimum atomic E-state index is -0.656. The van der Waals surface area contributed by atoms with Crippen LogP contribution in [-0.4, -0.2) is 12.1 Å². The highest BCUT2D eigenvalue weighted by Crippen LogP contribution is 2.10. The van der Waals surface area contributed by atoms with E-state index in [1.165, 1.54) is 6.92 Å². The van der Waals surface area contributed by atoms with Crippen molar-refractivity contribution in [1.82, 2.24) is 0 Å². The Labute approximate surface area is 98.4 Å². The normalized spacial score (nSPS) is 9.38. The summed E-state index contributed by atoms with van der Waals surface area (Å²) < 4.78 is 8.95. The van der Waals surface area contributed by atoms with Crippen molar-refractivity contribution in [3.63, 3.8) is 0 Å². The maximum Gasteiger partial charge on any atom is 0.423 e. The fraction of sp³-hybridized carbons (Fsp3) is 0.200. The van der Waals surface area contributed by atoms with Gasteiger partial charge in [0.15, 0.2) is 0 Å². The first-order valence-electron chi connectivity index (χ1n) is 4.46. The van der Waals surface area contributed by atoms with Gasteiger partial charge in [0.25, 0.3) is 0 Å². The fourth-order valence-electron chi connectivity index (χ4n) is 1.01. The van der Waals surface area contributed by atoms with E-state index in [9.17, 15) is 9.59 Å². The summed E-state index contributed by atoms with van der Waals surface area (Å²) in [5.41, 5.74) is 1.41. The molecule has 1 aromatic rings. The summed E-state index contributed by atoms with van der Waals surface area (Å²) in [6.07, 6.45) is -0.656. The van der Waals surface area contributed by atoms with Gasteiger partial charge in [-0.05, 0) is 17.7 Å². The van der Waals surface area contributed by atoms with Crippen molar-refractivity contribution < 1.29 is 18.5 Å². The Morgan fingerprint density at radius 1 is 1.31 bits per heavy atom. The second-order valence-corrected chi connectivity index (χ2v) is 3.16. The molecule has 0 bridgehead atoms. The van der Waals surface area contributed by atoms with Crippen LogP contribution in [-0.2, 0) is 20.3 Å². The van der Waals surface area contributed by atoms with Crippen molar-refractivity contribution in [2.24, 2.45) is 0 Å². The zero-order valence-corrected chi connectivity index (χ0v) is 9.49. The molecular weight excluding hydrogens is 230 g/mol. The van der Waals surface area contributed by atoms with Gasteiger partial charge >= 0.3 is 12.1 Å². The number of carbonyl (C=O) groups is 2. The first kappa shape index (κ1) is 12.4. The molecule has 0 heterocycles. The molecule has 0 fully saturated rings. The van der Waals surface area contributed by atoms with Crippen molar-refractivity contribution in [3.8, 4) is 0 Å². The highest BCUT2D eigenvalue weighted by molar-refractivity contribution is 7.75. The summed E-state index contributed by atoms with van der Waals surface area (Å²) in [6, 6.07) is 6.81. The van der Waals surface area contributed by atoms with Crippen LogP contribution in [0.25, 0.3) is 0 Å². The predicted octanol–water partition coefficient (Wildman–Crippen LogP) is 2.14. The van der Waals surface area contributed by atoms with Crippen molar-refractivity contribution in [1.29, 1.82) is 0 Å². The Balaban J connectivity index is 2.54. The monoisotopic (exact) mass is 241 g/mol. The number of esters is 1. The number of nitrogens with one attached hydrogen (secondary N) is 1. The van der Waals surface area contributed by atoms with Gasteiger partial charge in [-0.3, -0.25) is 10.1 Å². The molecule has 0 saturated heterocycles. The minimum absolute atomic E-state index is 0.215. The SMILES string of the molecule is CC(=O)OCc1ccc(NC(=O)OS)cc1. The minimum Gasteiger partial charge on any atom is -0.461 e. The van der Waals surface area contributed by atoms with Gasteiger partial charge in [0.1, 0.15) is 6.61 Å². The van der Waals surface area contributed by atoms with Gasteiger partial charge in [0.2, 0.25) is 0 Å². The molecule has 0 aliphatic heterocycles. The lowest BCUT2D eigenvalue weighted by Gasteiger charge is -2.05. The Morgan fingerprint density at radius 2 is 1.94 bits per heavy atom. The number of ether oxygens (including phenoxy) is 1. The third kappa shape index (κ3) is 4.22. The van der Waals surface area contributed by atoms with Gasteiger partial charge in [0.05, 0.1) is 0 Å². The maximum atomic E-state index is 10.8.